The Labute approximate surface area is 154 Å². The number of amides is 1. The van der Waals surface area contributed by atoms with Crippen molar-refractivity contribution in [2.45, 2.75) is 20.8 Å². The number of aromatic nitrogens is 1. The Morgan fingerprint density at radius 3 is 2.23 bits per heavy atom. The van der Waals surface area contributed by atoms with E-state index in [-0.39, 0.29) is 38.7 Å². The Morgan fingerprint density at radius 2 is 1.73 bits per heavy atom. The summed E-state index contributed by atoms with van der Waals surface area (Å²) in [6.45, 7) is 6.45. The maximum Gasteiger partial charge on any atom is 0.340 e. The summed E-state index contributed by atoms with van der Waals surface area (Å²) in [7, 11) is -0.520. The number of ether oxygens (including phenoxy) is 1. The number of nitrogens with zero attached hydrogens (tertiary/aromatic N) is 3. The van der Waals surface area contributed by atoms with Gasteiger partial charge >= 0.3 is 5.97 Å². The number of carbonyl (C=O) groups excluding carboxylic acids is 2. The van der Waals surface area contributed by atoms with E-state index in [4.69, 9.17) is 4.74 Å². The summed E-state index contributed by atoms with van der Waals surface area (Å²) in [5, 5.41) is 0. The molecule has 1 aliphatic heterocycles. The standard InChI is InChI=1S/C16H26N4O5S/c1-6-25-16(22)13-11(2)14(17-12(13)3)15(21)19-7-9-20(10-8-19)26(23,24)18(4)5/h17H,6-10H2,1-5H3. The van der Waals surface area contributed by atoms with Crippen LogP contribution in [-0.2, 0) is 14.9 Å². The highest BCUT2D eigenvalue weighted by molar-refractivity contribution is 7.86. The fourth-order valence-corrected chi connectivity index (χ4v) is 4.07. The molecule has 2 heterocycles. The van der Waals surface area contributed by atoms with E-state index in [1.165, 1.54) is 18.4 Å². The summed E-state index contributed by atoms with van der Waals surface area (Å²) in [5.74, 6) is -0.706. The second-order valence-electron chi connectivity index (χ2n) is 6.33. The molecule has 0 aliphatic carbocycles. The van der Waals surface area contributed by atoms with Crippen molar-refractivity contribution >= 4 is 22.1 Å². The van der Waals surface area contributed by atoms with Gasteiger partial charge in [0.1, 0.15) is 5.69 Å². The van der Waals surface area contributed by atoms with E-state index in [1.54, 1.807) is 25.7 Å². The molecule has 0 atom stereocenters. The molecule has 0 saturated carbocycles. The van der Waals surface area contributed by atoms with Gasteiger partial charge in [0.25, 0.3) is 16.1 Å². The molecule has 0 aromatic carbocycles. The Kier molecular flexibility index (Phi) is 6.09. The van der Waals surface area contributed by atoms with Crippen LogP contribution < -0.4 is 0 Å². The van der Waals surface area contributed by atoms with Gasteiger partial charge in [-0.2, -0.15) is 17.0 Å². The van der Waals surface area contributed by atoms with Gasteiger partial charge in [-0.15, -0.1) is 0 Å². The van der Waals surface area contributed by atoms with E-state index in [9.17, 15) is 18.0 Å². The van der Waals surface area contributed by atoms with Crippen molar-refractivity contribution in [3.63, 3.8) is 0 Å². The third-order valence-corrected chi connectivity index (χ3v) is 6.39. The fraction of sp³-hybridized carbons (Fsp3) is 0.625. The van der Waals surface area contributed by atoms with Gasteiger partial charge in [0, 0.05) is 46.0 Å². The van der Waals surface area contributed by atoms with E-state index in [0.717, 1.165) is 4.31 Å². The second kappa shape index (κ2) is 7.77. The molecule has 0 radical (unpaired) electrons. The van der Waals surface area contributed by atoms with Crippen molar-refractivity contribution < 1.29 is 22.7 Å². The third kappa shape index (κ3) is 3.76. The topological polar surface area (TPSA) is 103 Å². The molecule has 1 N–H and O–H groups in total. The van der Waals surface area contributed by atoms with Crippen molar-refractivity contribution in [3.8, 4) is 0 Å². The zero-order valence-electron chi connectivity index (χ0n) is 15.8. The van der Waals surface area contributed by atoms with Crippen LogP contribution in [0.15, 0.2) is 0 Å². The predicted octanol–water partition coefficient (Wildman–Crippen LogP) is 0.372. The number of carbonyl (C=O) groups is 2. The van der Waals surface area contributed by atoms with Gasteiger partial charge in [0.15, 0.2) is 0 Å². The molecule has 1 aromatic rings. The fourth-order valence-electron chi connectivity index (χ4n) is 2.98. The average Bonchev–Trinajstić information content (AvgIpc) is 2.89. The number of piperazine rings is 1. The van der Waals surface area contributed by atoms with Crippen LogP contribution in [0.2, 0.25) is 0 Å². The SMILES string of the molecule is CCOC(=O)c1c(C)[nH]c(C(=O)N2CCN(S(=O)(=O)N(C)C)CC2)c1C. The van der Waals surface area contributed by atoms with Crippen molar-refractivity contribution in [3.05, 3.63) is 22.5 Å². The number of nitrogens with one attached hydrogen (secondary N) is 1. The Balaban J connectivity index is 2.15. The lowest BCUT2D eigenvalue weighted by Gasteiger charge is -2.35. The van der Waals surface area contributed by atoms with E-state index in [2.05, 4.69) is 4.98 Å². The predicted molar refractivity (Wildman–Crippen MR) is 96.3 cm³/mol. The third-order valence-electron chi connectivity index (χ3n) is 4.44. The quantitative estimate of drug-likeness (QED) is 0.737. The van der Waals surface area contributed by atoms with Crippen LogP contribution in [0.3, 0.4) is 0 Å². The van der Waals surface area contributed by atoms with Crippen LogP contribution in [0, 0.1) is 13.8 Å². The molecule has 1 aromatic heterocycles. The maximum absolute atomic E-state index is 12.8. The van der Waals surface area contributed by atoms with Gasteiger partial charge in [-0.1, -0.05) is 0 Å². The minimum Gasteiger partial charge on any atom is -0.462 e. The first-order valence-corrected chi connectivity index (χ1v) is 9.84. The van der Waals surface area contributed by atoms with Crippen LogP contribution in [0.1, 0.15) is 39.0 Å². The molecule has 0 bridgehead atoms. The second-order valence-corrected chi connectivity index (χ2v) is 8.47. The highest BCUT2D eigenvalue weighted by atomic mass is 32.2. The highest BCUT2D eigenvalue weighted by Gasteiger charge is 2.32. The number of rotatable bonds is 5. The molecule has 1 aliphatic rings. The Bertz CT molecular complexity index is 792. The lowest BCUT2D eigenvalue weighted by molar-refractivity contribution is 0.0525. The van der Waals surface area contributed by atoms with Crippen molar-refractivity contribution in [2.75, 3.05) is 46.9 Å². The summed E-state index contributed by atoms with van der Waals surface area (Å²) >= 11 is 0. The average molecular weight is 386 g/mol. The molecule has 0 spiro atoms. The molecule has 2 rings (SSSR count). The first kappa shape index (κ1) is 20.4. The van der Waals surface area contributed by atoms with Crippen molar-refractivity contribution in [1.82, 2.24) is 18.5 Å². The molecule has 146 valence electrons. The maximum atomic E-state index is 12.8. The normalized spacial score (nSPS) is 16.2. The monoisotopic (exact) mass is 386 g/mol. The lowest BCUT2D eigenvalue weighted by atomic mass is 10.1. The molecular weight excluding hydrogens is 360 g/mol. The number of H-pyrrole nitrogens is 1. The number of aromatic amines is 1. The van der Waals surface area contributed by atoms with Crippen LogP contribution in [0.25, 0.3) is 0 Å². The number of aryl methyl sites for hydroxylation is 1. The Hall–Kier alpha value is -1.91. The van der Waals surface area contributed by atoms with Gasteiger partial charge in [-0.3, -0.25) is 4.79 Å². The summed E-state index contributed by atoms with van der Waals surface area (Å²) < 4.78 is 31.9. The number of hydrogen-bond donors (Lipinski definition) is 1. The molecule has 1 amide bonds. The lowest BCUT2D eigenvalue weighted by Crippen LogP contribution is -2.53. The summed E-state index contributed by atoms with van der Waals surface area (Å²) in [5.41, 5.74) is 1.85. The van der Waals surface area contributed by atoms with Crippen molar-refractivity contribution in [2.24, 2.45) is 0 Å². The van der Waals surface area contributed by atoms with Crippen LogP contribution in [0.5, 0.6) is 0 Å². The number of esters is 1. The molecule has 1 fully saturated rings. The van der Waals surface area contributed by atoms with Gasteiger partial charge in [0.2, 0.25) is 0 Å². The number of hydrogen-bond acceptors (Lipinski definition) is 5. The van der Waals surface area contributed by atoms with E-state index in [1.807, 2.05) is 0 Å². The zero-order chi connectivity index (χ0) is 19.6. The smallest absolute Gasteiger partial charge is 0.340 e. The molecule has 26 heavy (non-hydrogen) atoms. The van der Waals surface area contributed by atoms with Gasteiger partial charge in [-0.25, -0.2) is 4.79 Å². The van der Waals surface area contributed by atoms with Crippen LogP contribution >= 0.6 is 0 Å². The van der Waals surface area contributed by atoms with Crippen molar-refractivity contribution in [1.29, 1.82) is 0 Å². The summed E-state index contributed by atoms with van der Waals surface area (Å²) in [6.07, 6.45) is 0. The summed E-state index contributed by atoms with van der Waals surface area (Å²) in [6, 6.07) is 0. The van der Waals surface area contributed by atoms with Crippen LogP contribution in [0.4, 0.5) is 0 Å². The highest BCUT2D eigenvalue weighted by Crippen LogP contribution is 2.21. The molecular formula is C16H26N4O5S. The minimum absolute atomic E-state index is 0.232. The van der Waals surface area contributed by atoms with Crippen LogP contribution in [-0.4, -0.2) is 85.7 Å². The van der Waals surface area contributed by atoms with E-state index >= 15 is 0 Å². The first-order chi connectivity index (χ1) is 12.1. The minimum atomic E-state index is -3.48. The first-order valence-electron chi connectivity index (χ1n) is 8.44. The van der Waals surface area contributed by atoms with Gasteiger partial charge in [-0.05, 0) is 26.3 Å². The zero-order valence-corrected chi connectivity index (χ0v) is 16.6. The molecule has 1 saturated heterocycles. The largest absolute Gasteiger partial charge is 0.462 e. The Morgan fingerprint density at radius 1 is 1.15 bits per heavy atom. The molecule has 0 unspecified atom stereocenters. The molecule has 9 nitrogen and oxygen atoms in total. The van der Waals surface area contributed by atoms with E-state index in [0.29, 0.717) is 22.5 Å². The van der Waals surface area contributed by atoms with Gasteiger partial charge < -0.3 is 14.6 Å². The summed E-state index contributed by atoms with van der Waals surface area (Å²) in [4.78, 5) is 29.5. The van der Waals surface area contributed by atoms with E-state index < -0.39 is 16.2 Å². The molecule has 10 heteroatoms. The van der Waals surface area contributed by atoms with Gasteiger partial charge in [0.05, 0.1) is 12.2 Å².